The van der Waals surface area contributed by atoms with Gasteiger partial charge in [0.1, 0.15) is 17.3 Å². The maximum Gasteiger partial charge on any atom is 0.233 e. The first-order valence-corrected chi connectivity index (χ1v) is 7.05. The van der Waals surface area contributed by atoms with Gasteiger partial charge in [0.15, 0.2) is 0 Å². The fourth-order valence-corrected chi connectivity index (χ4v) is 3.25. The highest BCUT2D eigenvalue weighted by atomic mass is 16.5. The summed E-state index contributed by atoms with van der Waals surface area (Å²) >= 11 is 0. The van der Waals surface area contributed by atoms with Crippen LogP contribution in [0.5, 0.6) is 0 Å². The third-order valence-corrected chi connectivity index (χ3v) is 4.61. The Balaban J connectivity index is 2.23. The molecular weight excluding hydrogens is 270 g/mol. The van der Waals surface area contributed by atoms with Crippen molar-refractivity contribution in [2.24, 2.45) is 0 Å². The predicted octanol–water partition coefficient (Wildman–Crippen LogP) is 0.339. The summed E-state index contributed by atoms with van der Waals surface area (Å²) in [5, 5.41) is 21.5. The number of aliphatic hydroxyl groups is 1. The highest BCUT2D eigenvalue weighted by Gasteiger charge is 2.55. The molecule has 2 aliphatic heterocycles. The Labute approximate surface area is 122 Å². The summed E-state index contributed by atoms with van der Waals surface area (Å²) < 4.78 is 5.28. The number of carbonyl (C=O) groups excluding carboxylic acids is 1. The van der Waals surface area contributed by atoms with Crippen molar-refractivity contribution in [1.29, 1.82) is 5.26 Å². The van der Waals surface area contributed by atoms with Crippen LogP contribution in [0.15, 0.2) is 12.1 Å². The zero-order chi connectivity index (χ0) is 15.1. The summed E-state index contributed by atoms with van der Waals surface area (Å²) in [6, 6.07) is 5.54. The lowest BCUT2D eigenvalue weighted by Gasteiger charge is -2.50. The van der Waals surface area contributed by atoms with E-state index in [0.29, 0.717) is 31.7 Å². The quantitative estimate of drug-likeness (QED) is 0.836. The SMILES string of the molecule is CCC1(CCO)C(=O)NC2(COC2)c2ccc(C#N)nc21. The normalized spacial score (nSPS) is 25.7. The monoisotopic (exact) mass is 287 g/mol. The number of aromatic nitrogens is 1. The lowest BCUT2D eigenvalue weighted by atomic mass is 9.68. The van der Waals surface area contributed by atoms with E-state index in [1.54, 1.807) is 6.07 Å². The third-order valence-electron chi connectivity index (χ3n) is 4.61. The van der Waals surface area contributed by atoms with Crippen LogP contribution in [0.25, 0.3) is 0 Å². The van der Waals surface area contributed by atoms with Crippen LogP contribution in [0.1, 0.15) is 36.7 Å². The highest BCUT2D eigenvalue weighted by Crippen LogP contribution is 2.44. The van der Waals surface area contributed by atoms with Crippen molar-refractivity contribution < 1.29 is 14.6 Å². The van der Waals surface area contributed by atoms with Crippen LogP contribution in [0.4, 0.5) is 0 Å². The van der Waals surface area contributed by atoms with E-state index in [1.807, 2.05) is 19.1 Å². The molecule has 6 heteroatoms. The maximum atomic E-state index is 12.7. The number of pyridine rings is 1. The van der Waals surface area contributed by atoms with Gasteiger partial charge in [0.05, 0.1) is 24.3 Å². The van der Waals surface area contributed by atoms with Gasteiger partial charge >= 0.3 is 0 Å². The number of carbonyl (C=O) groups is 1. The standard InChI is InChI=1S/C15H17N3O3/c1-2-14(5-6-19)12-11(4-3-10(7-16)17-12)15(8-21-9-15)18-13(14)20/h3-4,19H,2,5-6,8-9H2,1H3,(H,18,20). The van der Waals surface area contributed by atoms with Gasteiger partial charge in [-0.25, -0.2) is 4.98 Å². The molecule has 1 amide bonds. The van der Waals surface area contributed by atoms with Gasteiger partial charge in [-0.2, -0.15) is 5.26 Å². The summed E-state index contributed by atoms with van der Waals surface area (Å²) in [5.74, 6) is -0.141. The number of ether oxygens (including phenoxy) is 1. The second-order valence-electron chi connectivity index (χ2n) is 5.64. The summed E-state index contributed by atoms with van der Waals surface area (Å²) in [6.07, 6.45) is 0.812. The number of nitrogens with zero attached hydrogens (tertiary/aromatic N) is 2. The topological polar surface area (TPSA) is 95.2 Å². The molecule has 1 saturated heterocycles. The number of rotatable bonds is 3. The third kappa shape index (κ3) is 1.78. The predicted molar refractivity (Wildman–Crippen MR) is 73.3 cm³/mol. The van der Waals surface area contributed by atoms with Crippen LogP contribution >= 0.6 is 0 Å². The maximum absolute atomic E-state index is 12.7. The summed E-state index contributed by atoms with van der Waals surface area (Å²) in [6.45, 7) is 2.62. The number of fused-ring (bicyclic) bond motifs is 2. The van der Waals surface area contributed by atoms with Gasteiger partial charge in [-0.15, -0.1) is 0 Å². The molecule has 0 radical (unpaired) electrons. The first-order chi connectivity index (χ1) is 10.1. The Kier molecular flexibility index (Phi) is 3.19. The molecule has 1 atom stereocenters. The molecule has 3 heterocycles. The molecule has 21 heavy (non-hydrogen) atoms. The smallest absolute Gasteiger partial charge is 0.233 e. The summed E-state index contributed by atoms with van der Waals surface area (Å²) in [7, 11) is 0. The average molecular weight is 287 g/mol. The zero-order valence-electron chi connectivity index (χ0n) is 11.8. The van der Waals surface area contributed by atoms with Crippen molar-refractivity contribution in [2.45, 2.75) is 30.7 Å². The molecule has 3 rings (SSSR count). The molecule has 1 fully saturated rings. The molecule has 0 saturated carbocycles. The van der Waals surface area contributed by atoms with E-state index in [4.69, 9.17) is 10.00 Å². The molecule has 1 aromatic rings. The van der Waals surface area contributed by atoms with Gasteiger partial charge in [0.25, 0.3) is 0 Å². The first-order valence-electron chi connectivity index (χ1n) is 7.05. The first kappa shape index (κ1) is 14.0. The van der Waals surface area contributed by atoms with E-state index in [-0.39, 0.29) is 18.2 Å². The Bertz CT molecular complexity index is 634. The van der Waals surface area contributed by atoms with Crippen LogP contribution in [0.2, 0.25) is 0 Å². The molecule has 1 spiro atoms. The number of aliphatic hydroxyl groups excluding tert-OH is 1. The Hall–Kier alpha value is -1.97. The lowest BCUT2D eigenvalue weighted by molar-refractivity contribution is -0.144. The number of hydrogen-bond donors (Lipinski definition) is 2. The van der Waals surface area contributed by atoms with Gasteiger partial charge in [-0.05, 0) is 18.9 Å². The molecule has 2 aliphatic rings. The number of amides is 1. The van der Waals surface area contributed by atoms with Crippen LogP contribution in [-0.4, -0.2) is 35.8 Å². The van der Waals surface area contributed by atoms with E-state index < -0.39 is 11.0 Å². The van der Waals surface area contributed by atoms with Gasteiger partial charge < -0.3 is 15.2 Å². The molecule has 0 aromatic carbocycles. The zero-order valence-corrected chi connectivity index (χ0v) is 11.8. The van der Waals surface area contributed by atoms with Gasteiger partial charge in [-0.3, -0.25) is 4.79 Å². The van der Waals surface area contributed by atoms with Crippen molar-refractivity contribution in [2.75, 3.05) is 19.8 Å². The van der Waals surface area contributed by atoms with Gasteiger partial charge in [0, 0.05) is 12.2 Å². The fourth-order valence-electron chi connectivity index (χ4n) is 3.25. The van der Waals surface area contributed by atoms with E-state index >= 15 is 0 Å². The largest absolute Gasteiger partial charge is 0.396 e. The minimum atomic E-state index is -0.877. The average Bonchev–Trinajstić information content (AvgIpc) is 2.47. The number of nitrogens with one attached hydrogen (secondary N) is 1. The second kappa shape index (κ2) is 4.79. The molecule has 1 unspecified atom stereocenters. The minimum absolute atomic E-state index is 0.108. The van der Waals surface area contributed by atoms with E-state index in [0.717, 1.165) is 5.56 Å². The molecular formula is C15H17N3O3. The highest BCUT2D eigenvalue weighted by molar-refractivity contribution is 5.91. The Morgan fingerprint density at radius 3 is 2.81 bits per heavy atom. The van der Waals surface area contributed by atoms with Crippen LogP contribution < -0.4 is 5.32 Å². The number of nitriles is 1. The molecule has 6 nitrogen and oxygen atoms in total. The van der Waals surface area contributed by atoms with Crippen LogP contribution in [0.3, 0.4) is 0 Å². The molecule has 2 N–H and O–H groups in total. The van der Waals surface area contributed by atoms with E-state index in [9.17, 15) is 9.90 Å². The van der Waals surface area contributed by atoms with Crippen molar-refractivity contribution >= 4 is 5.91 Å². The molecule has 0 bridgehead atoms. The fraction of sp³-hybridized carbons (Fsp3) is 0.533. The van der Waals surface area contributed by atoms with Crippen molar-refractivity contribution in [3.63, 3.8) is 0 Å². The Morgan fingerprint density at radius 1 is 1.52 bits per heavy atom. The van der Waals surface area contributed by atoms with Crippen LogP contribution in [0, 0.1) is 11.3 Å². The number of hydrogen-bond acceptors (Lipinski definition) is 5. The van der Waals surface area contributed by atoms with Crippen LogP contribution in [-0.2, 0) is 20.5 Å². The summed E-state index contributed by atoms with van der Waals surface area (Å²) in [5.41, 5.74) is 0.404. The summed E-state index contributed by atoms with van der Waals surface area (Å²) in [4.78, 5) is 17.1. The Morgan fingerprint density at radius 2 is 2.29 bits per heavy atom. The van der Waals surface area contributed by atoms with Gasteiger partial charge in [-0.1, -0.05) is 13.0 Å². The molecule has 110 valence electrons. The van der Waals surface area contributed by atoms with Crippen molar-refractivity contribution in [3.05, 3.63) is 29.1 Å². The van der Waals surface area contributed by atoms with Gasteiger partial charge in [0.2, 0.25) is 5.91 Å². The van der Waals surface area contributed by atoms with E-state index in [2.05, 4.69) is 10.3 Å². The minimum Gasteiger partial charge on any atom is -0.396 e. The molecule has 1 aromatic heterocycles. The lowest BCUT2D eigenvalue weighted by Crippen LogP contribution is -2.67. The van der Waals surface area contributed by atoms with E-state index in [1.165, 1.54) is 0 Å². The second-order valence-corrected chi connectivity index (χ2v) is 5.64. The molecule has 0 aliphatic carbocycles. The van der Waals surface area contributed by atoms with Crippen molar-refractivity contribution in [3.8, 4) is 6.07 Å². The van der Waals surface area contributed by atoms with Crippen molar-refractivity contribution in [1.82, 2.24) is 10.3 Å².